The van der Waals surface area contributed by atoms with Crippen LogP contribution in [-0.2, 0) is 11.3 Å². The molecule has 0 saturated carbocycles. The van der Waals surface area contributed by atoms with Gasteiger partial charge in [-0.1, -0.05) is 78.8 Å². The molecule has 0 radical (unpaired) electrons. The van der Waals surface area contributed by atoms with Crippen LogP contribution in [0.3, 0.4) is 0 Å². The van der Waals surface area contributed by atoms with Crippen molar-refractivity contribution in [3.63, 3.8) is 0 Å². The molecule has 3 nitrogen and oxygen atoms in total. The fourth-order valence-corrected chi connectivity index (χ4v) is 5.80. The lowest BCUT2D eigenvalue weighted by Crippen LogP contribution is -2.37. The van der Waals surface area contributed by atoms with E-state index < -0.39 is 0 Å². The van der Waals surface area contributed by atoms with E-state index in [-0.39, 0.29) is 11.8 Å². The Balaban J connectivity index is 1.67. The van der Waals surface area contributed by atoms with Crippen molar-refractivity contribution in [2.24, 2.45) is 0 Å². The molecule has 0 spiro atoms. The molecule has 0 aliphatic carbocycles. The highest BCUT2D eigenvalue weighted by Crippen LogP contribution is 2.44. The average molecular weight is 457 g/mol. The van der Waals surface area contributed by atoms with Gasteiger partial charge in [0, 0.05) is 34.7 Å². The summed E-state index contributed by atoms with van der Waals surface area (Å²) < 4.78 is 0.747. The molecule has 32 heavy (non-hydrogen) atoms. The molecule has 5 rings (SSSR count). The smallest absolute Gasteiger partial charge is 0.246 e. The van der Waals surface area contributed by atoms with Gasteiger partial charge >= 0.3 is 0 Å². The fraction of sp³-hybridized carbons (Fsp3) is 0.111. The number of thiophene rings is 1. The molecule has 0 saturated heterocycles. The van der Waals surface area contributed by atoms with Gasteiger partial charge < -0.3 is 4.90 Å². The predicted molar refractivity (Wildman–Crippen MR) is 132 cm³/mol. The van der Waals surface area contributed by atoms with E-state index in [1.807, 2.05) is 35.4 Å². The standard InChI is InChI=1S/C27H21ClN2OS/c1-2-26(31)30-16-23(22-15-25(28)32-24(22)17-30)20-12-7-6-11-19(20)21-13-8-14-29-27(21)18-9-4-3-5-10-18/h2-15,23H,1,16-17H2/t23-/m1/s1. The molecule has 0 N–H and O–H groups in total. The molecule has 2 aromatic heterocycles. The Morgan fingerprint density at radius 3 is 2.59 bits per heavy atom. The molecule has 0 bridgehead atoms. The van der Waals surface area contributed by atoms with Gasteiger partial charge in [0.05, 0.1) is 16.6 Å². The van der Waals surface area contributed by atoms with Gasteiger partial charge in [-0.2, -0.15) is 0 Å². The maximum atomic E-state index is 12.5. The third kappa shape index (κ3) is 3.77. The van der Waals surface area contributed by atoms with Crippen molar-refractivity contribution in [2.45, 2.75) is 12.5 Å². The van der Waals surface area contributed by atoms with Gasteiger partial charge in [-0.25, -0.2) is 0 Å². The minimum Gasteiger partial charge on any atom is -0.333 e. The summed E-state index contributed by atoms with van der Waals surface area (Å²) in [5.41, 5.74) is 6.57. The first kappa shape index (κ1) is 20.7. The van der Waals surface area contributed by atoms with Gasteiger partial charge in [0.25, 0.3) is 0 Å². The zero-order valence-corrected chi connectivity index (χ0v) is 18.9. The molecular formula is C27H21ClN2OS. The molecule has 1 aliphatic rings. The zero-order chi connectivity index (χ0) is 22.1. The number of fused-ring (bicyclic) bond motifs is 1. The maximum absolute atomic E-state index is 12.5. The second-order valence-corrected chi connectivity index (χ2v) is 9.53. The van der Waals surface area contributed by atoms with Crippen LogP contribution < -0.4 is 0 Å². The number of hydrogen-bond donors (Lipinski definition) is 0. The quantitative estimate of drug-likeness (QED) is 0.317. The molecule has 1 atom stereocenters. The Morgan fingerprint density at radius 1 is 1.03 bits per heavy atom. The highest BCUT2D eigenvalue weighted by atomic mass is 35.5. The van der Waals surface area contributed by atoms with E-state index in [1.165, 1.54) is 11.6 Å². The number of nitrogens with zero attached hydrogens (tertiary/aromatic N) is 2. The van der Waals surface area contributed by atoms with Crippen molar-refractivity contribution in [1.82, 2.24) is 9.88 Å². The van der Waals surface area contributed by atoms with E-state index in [9.17, 15) is 4.79 Å². The van der Waals surface area contributed by atoms with Crippen LogP contribution in [0.25, 0.3) is 22.4 Å². The van der Waals surface area contributed by atoms with Crippen LogP contribution in [0, 0.1) is 0 Å². The van der Waals surface area contributed by atoms with E-state index in [4.69, 9.17) is 16.6 Å². The van der Waals surface area contributed by atoms with E-state index in [0.717, 1.165) is 37.2 Å². The van der Waals surface area contributed by atoms with Crippen molar-refractivity contribution >= 4 is 28.8 Å². The topological polar surface area (TPSA) is 33.2 Å². The van der Waals surface area contributed by atoms with E-state index in [1.54, 1.807) is 11.3 Å². The van der Waals surface area contributed by atoms with Gasteiger partial charge in [-0.15, -0.1) is 11.3 Å². The van der Waals surface area contributed by atoms with Crippen LogP contribution in [0.5, 0.6) is 0 Å². The van der Waals surface area contributed by atoms with Crippen molar-refractivity contribution < 1.29 is 4.79 Å². The summed E-state index contributed by atoms with van der Waals surface area (Å²) >= 11 is 7.96. The number of amides is 1. The number of carbonyl (C=O) groups excluding carboxylic acids is 1. The minimum absolute atomic E-state index is 0.0198. The van der Waals surface area contributed by atoms with Crippen molar-refractivity contribution in [3.8, 4) is 22.4 Å². The summed E-state index contributed by atoms with van der Waals surface area (Å²) in [5, 5.41) is 0. The Kier molecular flexibility index (Phi) is 5.64. The second-order valence-electron chi connectivity index (χ2n) is 7.76. The summed E-state index contributed by atoms with van der Waals surface area (Å²) in [5.74, 6) is -0.0413. The number of pyridine rings is 1. The minimum atomic E-state index is -0.0611. The zero-order valence-electron chi connectivity index (χ0n) is 17.4. The number of aromatic nitrogens is 1. The molecule has 1 aliphatic heterocycles. The van der Waals surface area contributed by atoms with Gasteiger partial charge in [0.2, 0.25) is 5.91 Å². The first-order chi connectivity index (χ1) is 15.7. The van der Waals surface area contributed by atoms with Gasteiger partial charge in [-0.3, -0.25) is 9.78 Å². The Bertz CT molecular complexity index is 1300. The largest absolute Gasteiger partial charge is 0.333 e. The van der Waals surface area contributed by atoms with Crippen molar-refractivity contribution in [3.05, 3.63) is 112 Å². The van der Waals surface area contributed by atoms with Crippen LogP contribution >= 0.6 is 22.9 Å². The Hall–Kier alpha value is -3.21. The third-order valence-corrected chi connectivity index (χ3v) is 7.16. The molecule has 158 valence electrons. The van der Waals surface area contributed by atoms with Gasteiger partial charge in [-0.05, 0) is 34.9 Å². The summed E-state index contributed by atoms with van der Waals surface area (Å²) in [6.07, 6.45) is 3.22. The maximum Gasteiger partial charge on any atom is 0.246 e. The first-order valence-corrected chi connectivity index (χ1v) is 11.6. The van der Waals surface area contributed by atoms with Crippen LogP contribution in [0.15, 0.2) is 91.6 Å². The monoisotopic (exact) mass is 456 g/mol. The summed E-state index contributed by atoms with van der Waals surface area (Å²) in [7, 11) is 0. The van der Waals surface area contributed by atoms with E-state index in [2.05, 4.69) is 55.1 Å². The van der Waals surface area contributed by atoms with Crippen LogP contribution in [0.1, 0.15) is 21.9 Å². The van der Waals surface area contributed by atoms with Crippen molar-refractivity contribution in [1.29, 1.82) is 0 Å². The lowest BCUT2D eigenvalue weighted by Gasteiger charge is -2.33. The SMILES string of the molecule is C=CC(=O)N1Cc2sc(Cl)cc2[C@@H](c2ccccc2-c2cccnc2-c2ccccc2)C1. The Labute approximate surface area is 196 Å². The Morgan fingerprint density at radius 2 is 1.78 bits per heavy atom. The third-order valence-electron chi connectivity index (χ3n) is 5.89. The summed E-state index contributed by atoms with van der Waals surface area (Å²) in [4.78, 5) is 20.2. The number of halogens is 1. The highest BCUT2D eigenvalue weighted by Gasteiger charge is 2.32. The molecule has 1 amide bonds. The summed E-state index contributed by atoms with van der Waals surface area (Å²) in [6, 6.07) is 24.8. The lowest BCUT2D eigenvalue weighted by atomic mass is 9.83. The second kappa shape index (κ2) is 8.73. The fourth-order valence-electron chi connectivity index (χ4n) is 4.44. The van der Waals surface area contributed by atoms with Gasteiger partial charge in [0.1, 0.15) is 0 Å². The number of hydrogen-bond acceptors (Lipinski definition) is 3. The van der Waals surface area contributed by atoms with E-state index >= 15 is 0 Å². The average Bonchev–Trinajstić information content (AvgIpc) is 3.23. The van der Waals surface area contributed by atoms with Crippen LogP contribution in [-0.4, -0.2) is 22.3 Å². The molecule has 3 heterocycles. The first-order valence-electron chi connectivity index (χ1n) is 10.4. The highest BCUT2D eigenvalue weighted by molar-refractivity contribution is 7.16. The molecule has 0 unspecified atom stereocenters. The van der Waals surface area contributed by atoms with Crippen LogP contribution in [0.4, 0.5) is 0 Å². The predicted octanol–water partition coefficient (Wildman–Crippen LogP) is 6.79. The summed E-state index contributed by atoms with van der Waals surface area (Å²) in [6.45, 7) is 4.84. The normalized spacial score (nSPS) is 15.3. The van der Waals surface area contributed by atoms with Gasteiger partial charge in [0.15, 0.2) is 0 Å². The number of rotatable bonds is 4. The van der Waals surface area contributed by atoms with Crippen molar-refractivity contribution in [2.75, 3.05) is 6.54 Å². The number of carbonyl (C=O) groups is 1. The molecule has 4 aromatic rings. The molecule has 0 fully saturated rings. The molecule has 5 heteroatoms. The number of benzene rings is 2. The molecular weight excluding hydrogens is 436 g/mol. The van der Waals surface area contributed by atoms with E-state index in [0.29, 0.717) is 13.1 Å². The lowest BCUT2D eigenvalue weighted by molar-refractivity contribution is -0.127. The molecule has 2 aromatic carbocycles. The van der Waals surface area contributed by atoms with Crippen LogP contribution in [0.2, 0.25) is 4.34 Å².